The summed E-state index contributed by atoms with van der Waals surface area (Å²) in [5, 5.41) is 4.94. The van der Waals surface area contributed by atoms with Crippen molar-refractivity contribution in [3.05, 3.63) is 59.5 Å². The van der Waals surface area contributed by atoms with Crippen LogP contribution in [0.3, 0.4) is 0 Å². The summed E-state index contributed by atoms with van der Waals surface area (Å²) in [7, 11) is 0. The number of furan rings is 1. The molecule has 0 aliphatic carbocycles. The molecule has 0 saturated heterocycles. The SMILES string of the molecule is C/C=C/Cn1c(C(=O)NCc2ccco2)cc2sccc21. The first-order valence-electron chi connectivity index (χ1n) is 6.78. The molecule has 0 unspecified atom stereocenters. The number of allylic oxidation sites excluding steroid dienone is 2. The minimum Gasteiger partial charge on any atom is -0.467 e. The molecule has 108 valence electrons. The van der Waals surface area contributed by atoms with Crippen LogP contribution in [0.15, 0.2) is 52.5 Å². The van der Waals surface area contributed by atoms with Crippen LogP contribution in [-0.2, 0) is 13.1 Å². The molecule has 0 aliphatic heterocycles. The number of hydrogen-bond acceptors (Lipinski definition) is 3. The van der Waals surface area contributed by atoms with Gasteiger partial charge in [0.25, 0.3) is 5.91 Å². The Balaban J connectivity index is 1.84. The molecule has 1 N–H and O–H groups in total. The van der Waals surface area contributed by atoms with Gasteiger partial charge in [-0.25, -0.2) is 0 Å². The van der Waals surface area contributed by atoms with Gasteiger partial charge in [-0.15, -0.1) is 11.3 Å². The third-order valence-electron chi connectivity index (χ3n) is 3.28. The monoisotopic (exact) mass is 300 g/mol. The van der Waals surface area contributed by atoms with Crippen LogP contribution in [0.4, 0.5) is 0 Å². The lowest BCUT2D eigenvalue weighted by atomic mass is 10.3. The molecule has 0 aromatic carbocycles. The van der Waals surface area contributed by atoms with E-state index in [1.54, 1.807) is 17.6 Å². The number of nitrogens with zero attached hydrogens (tertiary/aromatic N) is 1. The second-order valence-corrected chi connectivity index (χ2v) is 5.59. The molecule has 0 radical (unpaired) electrons. The van der Waals surface area contributed by atoms with E-state index >= 15 is 0 Å². The van der Waals surface area contributed by atoms with Crippen LogP contribution >= 0.6 is 11.3 Å². The molecule has 0 bridgehead atoms. The van der Waals surface area contributed by atoms with Gasteiger partial charge in [0.15, 0.2) is 0 Å². The average molecular weight is 300 g/mol. The highest BCUT2D eigenvalue weighted by Gasteiger charge is 2.15. The van der Waals surface area contributed by atoms with E-state index in [0.29, 0.717) is 18.8 Å². The normalized spacial score (nSPS) is 11.5. The zero-order chi connectivity index (χ0) is 14.7. The molecule has 5 heteroatoms. The van der Waals surface area contributed by atoms with Crippen molar-refractivity contribution in [3.63, 3.8) is 0 Å². The number of rotatable bonds is 5. The Morgan fingerprint density at radius 3 is 3.14 bits per heavy atom. The Morgan fingerprint density at radius 2 is 2.38 bits per heavy atom. The summed E-state index contributed by atoms with van der Waals surface area (Å²) < 4.78 is 8.39. The highest BCUT2D eigenvalue weighted by molar-refractivity contribution is 7.17. The van der Waals surface area contributed by atoms with Crippen molar-refractivity contribution in [2.24, 2.45) is 0 Å². The van der Waals surface area contributed by atoms with Gasteiger partial charge in [-0.3, -0.25) is 4.79 Å². The van der Waals surface area contributed by atoms with E-state index in [9.17, 15) is 4.79 Å². The highest BCUT2D eigenvalue weighted by atomic mass is 32.1. The molecular weight excluding hydrogens is 284 g/mol. The molecule has 3 rings (SSSR count). The van der Waals surface area contributed by atoms with Crippen LogP contribution in [0, 0.1) is 0 Å². The Morgan fingerprint density at radius 1 is 1.48 bits per heavy atom. The summed E-state index contributed by atoms with van der Waals surface area (Å²) in [6, 6.07) is 7.65. The molecule has 0 atom stereocenters. The molecule has 3 heterocycles. The average Bonchev–Trinajstić information content (AvgIpc) is 3.19. The van der Waals surface area contributed by atoms with Gasteiger partial charge in [0.05, 0.1) is 23.0 Å². The molecule has 3 aromatic heterocycles. The van der Waals surface area contributed by atoms with E-state index in [2.05, 4.69) is 5.32 Å². The zero-order valence-corrected chi connectivity index (χ0v) is 12.5. The van der Waals surface area contributed by atoms with Gasteiger partial charge in [0, 0.05) is 6.54 Å². The molecule has 3 aromatic rings. The topological polar surface area (TPSA) is 47.2 Å². The largest absolute Gasteiger partial charge is 0.467 e. The molecule has 21 heavy (non-hydrogen) atoms. The van der Waals surface area contributed by atoms with Gasteiger partial charge in [-0.05, 0) is 36.6 Å². The third-order valence-corrected chi connectivity index (χ3v) is 4.14. The maximum Gasteiger partial charge on any atom is 0.268 e. The number of carbonyl (C=O) groups is 1. The second-order valence-electron chi connectivity index (χ2n) is 4.64. The van der Waals surface area contributed by atoms with E-state index in [-0.39, 0.29) is 5.91 Å². The number of hydrogen-bond donors (Lipinski definition) is 1. The fourth-order valence-electron chi connectivity index (χ4n) is 2.24. The van der Waals surface area contributed by atoms with Crippen molar-refractivity contribution in [3.8, 4) is 0 Å². The molecule has 0 saturated carbocycles. The van der Waals surface area contributed by atoms with E-state index in [1.807, 2.05) is 53.3 Å². The Labute approximate surface area is 126 Å². The number of aromatic nitrogens is 1. The van der Waals surface area contributed by atoms with Crippen molar-refractivity contribution in [2.45, 2.75) is 20.0 Å². The fraction of sp³-hybridized carbons (Fsp3) is 0.188. The van der Waals surface area contributed by atoms with Crippen LogP contribution < -0.4 is 5.32 Å². The molecule has 0 fully saturated rings. The lowest BCUT2D eigenvalue weighted by Crippen LogP contribution is -2.25. The Bertz CT molecular complexity index is 766. The maximum absolute atomic E-state index is 12.4. The van der Waals surface area contributed by atoms with Crippen LogP contribution in [-0.4, -0.2) is 10.5 Å². The minimum atomic E-state index is -0.0840. The van der Waals surface area contributed by atoms with E-state index in [1.165, 1.54) is 0 Å². The van der Waals surface area contributed by atoms with E-state index in [0.717, 1.165) is 16.0 Å². The number of nitrogens with one attached hydrogen (secondary N) is 1. The Hall–Kier alpha value is -2.27. The first-order chi connectivity index (χ1) is 10.3. The molecular formula is C16H16N2O2S. The summed E-state index contributed by atoms with van der Waals surface area (Å²) in [5.41, 5.74) is 1.78. The lowest BCUT2D eigenvalue weighted by molar-refractivity contribution is 0.0939. The molecule has 0 spiro atoms. The molecule has 0 aliphatic rings. The predicted molar refractivity (Wildman–Crippen MR) is 84.5 cm³/mol. The van der Waals surface area contributed by atoms with Gasteiger partial charge in [0.2, 0.25) is 0 Å². The minimum absolute atomic E-state index is 0.0840. The zero-order valence-electron chi connectivity index (χ0n) is 11.7. The van der Waals surface area contributed by atoms with Crippen LogP contribution in [0.2, 0.25) is 0 Å². The lowest BCUT2D eigenvalue weighted by Gasteiger charge is -2.08. The summed E-state index contributed by atoms with van der Waals surface area (Å²) in [6.07, 6.45) is 5.63. The van der Waals surface area contributed by atoms with Crippen molar-refractivity contribution >= 4 is 27.5 Å². The first kappa shape index (κ1) is 13.7. The molecule has 1 amide bonds. The van der Waals surface area contributed by atoms with Crippen LogP contribution in [0.5, 0.6) is 0 Å². The smallest absolute Gasteiger partial charge is 0.268 e. The number of thiophene rings is 1. The summed E-state index contributed by atoms with van der Waals surface area (Å²) >= 11 is 1.65. The number of fused-ring (bicyclic) bond motifs is 1. The fourth-order valence-corrected chi connectivity index (χ4v) is 3.07. The standard InChI is InChI=1S/C16H16N2O2S/c1-2-3-7-18-13-6-9-21-15(13)10-14(18)16(19)17-11-12-5-4-8-20-12/h2-6,8-10H,7,11H2,1H3,(H,17,19)/b3-2+. The third kappa shape index (κ3) is 2.78. The predicted octanol–water partition coefficient (Wildman–Crippen LogP) is 3.80. The highest BCUT2D eigenvalue weighted by Crippen LogP contribution is 2.25. The van der Waals surface area contributed by atoms with Crippen molar-refractivity contribution in [1.29, 1.82) is 0 Å². The van der Waals surface area contributed by atoms with Crippen molar-refractivity contribution in [1.82, 2.24) is 9.88 Å². The van der Waals surface area contributed by atoms with Gasteiger partial charge < -0.3 is 14.3 Å². The first-order valence-corrected chi connectivity index (χ1v) is 7.66. The second kappa shape index (κ2) is 6.01. The van der Waals surface area contributed by atoms with Gasteiger partial charge in [-0.1, -0.05) is 12.2 Å². The van der Waals surface area contributed by atoms with Crippen LogP contribution in [0.1, 0.15) is 23.2 Å². The van der Waals surface area contributed by atoms with Crippen LogP contribution in [0.25, 0.3) is 10.2 Å². The van der Waals surface area contributed by atoms with E-state index in [4.69, 9.17) is 4.42 Å². The maximum atomic E-state index is 12.4. The summed E-state index contributed by atoms with van der Waals surface area (Å²) in [5.74, 6) is 0.663. The van der Waals surface area contributed by atoms with Crippen molar-refractivity contribution in [2.75, 3.05) is 0 Å². The van der Waals surface area contributed by atoms with Gasteiger partial charge >= 0.3 is 0 Å². The van der Waals surface area contributed by atoms with E-state index < -0.39 is 0 Å². The summed E-state index contributed by atoms with van der Waals surface area (Å²) in [4.78, 5) is 12.4. The van der Waals surface area contributed by atoms with Crippen molar-refractivity contribution < 1.29 is 9.21 Å². The number of amides is 1. The molecule has 4 nitrogen and oxygen atoms in total. The van der Waals surface area contributed by atoms with Gasteiger partial charge in [0.1, 0.15) is 11.5 Å². The Kier molecular flexibility index (Phi) is 3.92. The van der Waals surface area contributed by atoms with Gasteiger partial charge in [-0.2, -0.15) is 0 Å². The number of carbonyl (C=O) groups excluding carboxylic acids is 1. The quantitative estimate of drug-likeness (QED) is 0.728. The summed E-state index contributed by atoms with van der Waals surface area (Å²) in [6.45, 7) is 3.07.